The summed E-state index contributed by atoms with van der Waals surface area (Å²) >= 11 is 0. The number of anilines is 1. The third kappa shape index (κ3) is 5.40. The van der Waals surface area contributed by atoms with E-state index in [0.717, 1.165) is 0 Å². The summed E-state index contributed by atoms with van der Waals surface area (Å²) in [5, 5.41) is 12.4. The predicted octanol–water partition coefficient (Wildman–Crippen LogP) is 1.49. The van der Waals surface area contributed by atoms with Crippen molar-refractivity contribution in [2.45, 2.75) is 26.4 Å². The molecule has 0 spiro atoms. The van der Waals surface area contributed by atoms with E-state index in [1.54, 1.807) is 19.2 Å². The van der Waals surface area contributed by atoms with Gasteiger partial charge in [0.15, 0.2) is 0 Å². The van der Waals surface area contributed by atoms with E-state index in [4.69, 9.17) is 0 Å². The van der Waals surface area contributed by atoms with E-state index in [-0.39, 0.29) is 30.7 Å². The van der Waals surface area contributed by atoms with Crippen LogP contribution < -0.4 is 5.32 Å². The van der Waals surface area contributed by atoms with Crippen molar-refractivity contribution < 1.29 is 14.7 Å². The summed E-state index contributed by atoms with van der Waals surface area (Å²) in [5.41, 5.74) is 0.695. The number of rotatable bonds is 6. The summed E-state index contributed by atoms with van der Waals surface area (Å²) in [6, 6.07) is 9.07. The van der Waals surface area contributed by atoms with Crippen LogP contribution in [0.1, 0.15) is 20.3 Å². The summed E-state index contributed by atoms with van der Waals surface area (Å²) in [5.74, 6) is -0.481. The van der Waals surface area contributed by atoms with E-state index in [9.17, 15) is 14.7 Å². The van der Waals surface area contributed by atoms with E-state index in [1.807, 2.05) is 32.0 Å². The number of hydrogen-bond acceptors (Lipinski definition) is 3. The third-order valence-electron chi connectivity index (χ3n) is 3.02. The molecule has 0 saturated carbocycles. The minimum absolute atomic E-state index is 0.0190. The molecule has 1 unspecified atom stereocenters. The molecule has 0 aliphatic heterocycles. The lowest BCUT2D eigenvalue weighted by Crippen LogP contribution is -2.37. The highest BCUT2D eigenvalue weighted by Crippen LogP contribution is 2.08. The highest BCUT2D eigenvalue weighted by Gasteiger charge is 2.19. The fraction of sp³-hybridized carbons (Fsp3) is 0.467. The Balaban J connectivity index is 2.43. The molecule has 20 heavy (non-hydrogen) atoms. The molecular weight excluding hydrogens is 256 g/mol. The van der Waals surface area contributed by atoms with Crippen molar-refractivity contribution in [2.24, 2.45) is 5.92 Å². The van der Waals surface area contributed by atoms with Gasteiger partial charge in [0.05, 0.1) is 19.1 Å². The van der Waals surface area contributed by atoms with Gasteiger partial charge in [-0.3, -0.25) is 9.59 Å². The van der Waals surface area contributed by atoms with Crippen LogP contribution in [0, 0.1) is 5.92 Å². The van der Waals surface area contributed by atoms with Crippen LogP contribution >= 0.6 is 0 Å². The quantitative estimate of drug-likeness (QED) is 0.828. The van der Waals surface area contributed by atoms with Gasteiger partial charge in [-0.05, 0) is 18.1 Å². The largest absolute Gasteiger partial charge is 0.392 e. The van der Waals surface area contributed by atoms with E-state index in [0.29, 0.717) is 5.69 Å². The number of nitrogens with zero attached hydrogens (tertiary/aromatic N) is 1. The third-order valence-corrected chi connectivity index (χ3v) is 3.02. The Morgan fingerprint density at radius 1 is 1.25 bits per heavy atom. The normalized spacial score (nSPS) is 12.1. The molecule has 5 nitrogen and oxygen atoms in total. The van der Waals surface area contributed by atoms with Gasteiger partial charge in [0.2, 0.25) is 11.8 Å². The summed E-state index contributed by atoms with van der Waals surface area (Å²) < 4.78 is 0. The Morgan fingerprint density at radius 2 is 1.85 bits per heavy atom. The highest BCUT2D eigenvalue weighted by atomic mass is 16.3. The van der Waals surface area contributed by atoms with E-state index >= 15 is 0 Å². The lowest BCUT2D eigenvalue weighted by atomic mass is 10.0. The molecule has 1 rings (SSSR count). The van der Waals surface area contributed by atoms with Gasteiger partial charge >= 0.3 is 0 Å². The second-order valence-electron chi connectivity index (χ2n) is 5.18. The second-order valence-corrected chi connectivity index (χ2v) is 5.18. The van der Waals surface area contributed by atoms with Crippen LogP contribution in [-0.4, -0.2) is 41.5 Å². The summed E-state index contributed by atoms with van der Waals surface area (Å²) in [6.45, 7) is 3.67. The zero-order valence-corrected chi connectivity index (χ0v) is 12.2. The van der Waals surface area contributed by atoms with Gasteiger partial charge in [-0.2, -0.15) is 0 Å². The Kier molecular flexibility index (Phi) is 6.18. The first-order chi connectivity index (χ1) is 9.40. The van der Waals surface area contributed by atoms with Crippen molar-refractivity contribution >= 4 is 17.5 Å². The molecule has 0 aliphatic carbocycles. The van der Waals surface area contributed by atoms with Crippen LogP contribution in [0.5, 0.6) is 0 Å². The summed E-state index contributed by atoms with van der Waals surface area (Å²) in [7, 11) is 1.56. The van der Waals surface area contributed by atoms with Gasteiger partial charge in [0.1, 0.15) is 0 Å². The Bertz CT molecular complexity index is 446. The second kappa shape index (κ2) is 7.65. The molecule has 0 aromatic heterocycles. The molecule has 1 atom stereocenters. The van der Waals surface area contributed by atoms with Crippen molar-refractivity contribution in [3.63, 3.8) is 0 Å². The molecule has 2 amide bonds. The average molecular weight is 278 g/mol. The standard InChI is InChI=1S/C15H22N2O3/c1-11(2)13(18)9-15(20)17(3)10-14(19)16-12-7-5-4-6-8-12/h4-8,11,13,18H,9-10H2,1-3H3,(H,16,19). The van der Waals surface area contributed by atoms with Gasteiger partial charge in [0, 0.05) is 12.7 Å². The van der Waals surface area contributed by atoms with Crippen molar-refractivity contribution in [3.05, 3.63) is 30.3 Å². The molecule has 0 bridgehead atoms. The highest BCUT2D eigenvalue weighted by molar-refractivity contribution is 5.94. The Hall–Kier alpha value is -1.88. The number of aliphatic hydroxyl groups excluding tert-OH is 1. The van der Waals surface area contributed by atoms with Crippen LogP contribution in [0.3, 0.4) is 0 Å². The zero-order valence-electron chi connectivity index (χ0n) is 12.2. The lowest BCUT2D eigenvalue weighted by molar-refractivity contribution is -0.135. The Morgan fingerprint density at radius 3 is 2.40 bits per heavy atom. The molecule has 0 radical (unpaired) electrons. The van der Waals surface area contributed by atoms with Crippen LogP contribution in [0.25, 0.3) is 0 Å². The molecule has 1 aromatic carbocycles. The first-order valence-electron chi connectivity index (χ1n) is 6.67. The fourth-order valence-electron chi connectivity index (χ4n) is 1.60. The van der Waals surface area contributed by atoms with Crippen molar-refractivity contribution in [1.82, 2.24) is 4.90 Å². The van der Waals surface area contributed by atoms with Gasteiger partial charge < -0.3 is 15.3 Å². The number of carbonyl (C=O) groups is 2. The SMILES string of the molecule is CC(C)C(O)CC(=O)N(C)CC(=O)Nc1ccccc1. The monoisotopic (exact) mass is 278 g/mol. The van der Waals surface area contributed by atoms with Crippen LogP contribution in [0.15, 0.2) is 30.3 Å². The first kappa shape index (κ1) is 16.2. The maximum absolute atomic E-state index is 11.8. The topological polar surface area (TPSA) is 69.6 Å². The lowest BCUT2D eigenvalue weighted by Gasteiger charge is -2.20. The smallest absolute Gasteiger partial charge is 0.243 e. The number of para-hydroxylation sites is 1. The van der Waals surface area contributed by atoms with Crippen LogP contribution in [0.2, 0.25) is 0 Å². The van der Waals surface area contributed by atoms with Gasteiger partial charge in [-0.1, -0.05) is 32.0 Å². The maximum atomic E-state index is 11.8. The van der Waals surface area contributed by atoms with E-state index < -0.39 is 6.10 Å². The number of amides is 2. The molecule has 1 aromatic rings. The molecular formula is C15H22N2O3. The predicted molar refractivity (Wildman–Crippen MR) is 78.2 cm³/mol. The molecule has 110 valence electrons. The van der Waals surface area contributed by atoms with Gasteiger partial charge in [-0.15, -0.1) is 0 Å². The number of benzene rings is 1. The number of hydrogen-bond donors (Lipinski definition) is 2. The van der Waals surface area contributed by atoms with Crippen molar-refractivity contribution in [3.8, 4) is 0 Å². The van der Waals surface area contributed by atoms with Crippen LogP contribution in [-0.2, 0) is 9.59 Å². The zero-order chi connectivity index (χ0) is 15.1. The van der Waals surface area contributed by atoms with Gasteiger partial charge in [-0.25, -0.2) is 0 Å². The van der Waals surface area contributed by atoms with Crippen molar-refractivity contribution in [2.75, 3.05) is 18.9 Å². The van der Waals surface area contributed by atoms with Crippen molar-refractivity contribution in [1.29, 1.82) is 0 Å². The first-order valence-corrected chi connectivity index (χ1v) is 6.67. The summed E-state index contributed by atoms with van der Waals surface area (Å²) in [4.78, 5) is 24.9. The molecule has 0 aliphatic rings. The van der Waals surface area contributed by atoms with Gasteiger partial charge in [0.25, 0.3) is 0 Å². The Labute approximate surface area is 119 Å². The molecule has 0 saturated heterocycles. The summed E-state index contributed by atoms with van der Waals surface area (Å²) in [6.07, 6.45) is -0.644. The van der Waals surface area contributed by atoms with E-state index in [1.165, 1.54) is 4.90 Å². The number of aliphatic hydroxyl groups is 1. The number of likely N-dealkylation sites (N-methyl/N-ethyl adjacent to an activating group) is 1. The van der Waals surface area contributed by atoms with E-state index in [2.05, 4.69) is 5.32 Å². The molecule has 0 fully saturated rings. The van der Waals surface area contributed by atoms with Crippen LogP contribution in [0.4, 0.5) is 5.69 Å². The minimum Gasteiger partial charge on any atom is -0.392 e. The number of nitrogens with one attached hydrogen (secondary N) is 1. The molecule has 0 heterocycles. The maximum Gasteiger partial charge on any atom is 0.243 e. The minimum atomic E-state index is -0.679. The number of carbonyl (C=O) groups excluding carboxylic acids is 2. The molecule has 2 N–H and O–H groups in total. The fourth-order valence-corrected chi connectivity index (χ4v) is 1.60. The molecule has 5 heteroatoms. The average Bonchev–Trinajstić information content (AvgIpc) is 2.39.